The summed E-state index contributed by atoms with van der Waals surface area (Å²) in [5.74, 6) is -2.95. The second kappa shape index (κ2) is 12.0. The van der Waals surface area contributed by atoms with E-state index in [4.69, 9.17) is 10.5 Å². The first-order valence-electron chi connectivity index (χ1n) is 9.66. The fraction of sp³-hybridized carbons (Fsp3) is 0.273. The van der Waals surface area contributed by atoms with Gasteiger partial charge in [-0.3, -0.25) is 15.3 Å². The minimum Gasteiger partial charge on any atom is -0.478 e. The van der Waals surface area contributed by atoms with Crippen LogP contribution in [0.5, 0.6) is 0 Å². The molecule has 2 amide bonds. The minimum atomic E-state index is -2.33. The molecule has 2 aromatic carbocycles. The molecule has 0 spiro atoms. The molecule has 5 N–H and O–H groups in total. The minimum absolute atomic E-state index is 0.0119. The van der Waals surface area contributed by atoms with Crippen molar-refractivity contribution in [2.24, 2.45) is 5.73 Å². The lowest BCUT2D eigenvalue weighted by molar-refractivity contribution is -0.149. The Hall–Kier alpha value is -3.24. The summed E-state index contributed by atoms with van der Waals surface area (Å²) < 4.78 is 5.17. The predicted molar refractivity (Wildman–Crippen MR) is 120 cm³/mol. The van der Waals surface area contributed by atoms with Crippen LogP contribution in [0.1, 0.15) is 17.5 Å². The van der Waals surface area contributed by atoms with Crippen molar-refractivity contribution in [2.45, 2.75) is 31.2 Å². The summed E-state index contributed by atoms with van der Waals surface area (Å²) in [5, 5.41) is 14.0. The molecule has 9 nitrogen and oxygen atoms in total. The fourth-order valence-corrected chi connectivity index (χ4v) is 3.00. The van der Waals surface area contributed by atoms with Crippen LogP contribution < -0.4 is 16.4 Å². The van der Waals surface area contributed by atoms with Gasteiger partial charge in [0.25, 0.3) is 0 Å². The van der Waals surface area contributed by atoms with E-state index >= 15 is 0 Å². The summed E-state index contributed by atoms with van der Waals surface area (Å²) in [4.78, 5) is 48.6. The Morgan fingerprint density at radius 1 is 1.00 bits per heavy atom. The third kappa shape index (κ3) is 7.78. The summed E-state index contributed by atoms with van der Waals surface area (Å²) in [6, 6.07) is 16.6. The van der Waals surface area contributed by atoms with Gasteiger partial charge in [-0.1, -0.05) is 76.6 Å². The molecule has 2 rings (SSSR count). The number of ether oxygens (including phenoxy) is 1. The summed E-state index contributed by atoms with van der Waals surface area (Å²) in [5.41, 5.74) is 4.94. The van der Waals surface area contributed by atoms with Crippen molar-refractivity contribution in [1.29, 1.82) is 0 Å². The molecule has 0 aromatic heterocycles. The van der Waals surface area contributed by atoms with E-state index in [1.807, 2.05) is 6.07 Å². The number of nitrogens with one attached hydrogen (secondary N) is 2. The summed E-state index contributed by atoms with van der Waals surface area (Å²) in [7, 11) is 0. The van der Waals surface area contributed by atoms with Crippen LogP contribution in [0.4, 0.5) is 4.79 Å². The van der Waals surface area contributed by atoms with Gasteiger partial charge in [0, 0.05) is 6.42 Å². The van der Waals surface area contributed by atoms with E-state index in [0.29, 0.717) is 5.56 Å². The Balaban J connectivity index is 2.13. The highest BCUT2D eigenvalue weighted by molar-refractivity contribution is 9.09. The van der Waals surface area contributed by atoms with Crippen LogP contribution in [0.15, 0.2) is 60.7 Å². The van der Waals surface area contributed by atoms with Gasteiger partial charge in [-0.25, -0.2) is 9.59 Å². The van der Waals surface area contributed by atoms with E-state index in [-0.39, 0.29) is 18.4 Å². The van der Waals surface area contributed by atoms with Gasteiger partial charge in [0.05, 0.1) is 11.8 Å². The standard InChI is InChI=1S/C22H24BrN3O6/c23-13-17(27)12-22(24,20(29)30)26-19(28)18(11-15-7-3-1-4-8-15)25-21(31)32-14-16-9-5-2-6-10-16/h1-10,18H,11-14,24H2,(H,25,31)(H,26,28)(H,29,30)/t18-,22-/m0/s1. The van der Waals surface area contributed by atoms with Crippen LogP contribution in [0.3, 0.4) is 0 Å². The third-order valence-corrected chi connectivity index (χ3v) is 5.08. The molecule has 0 fully saturated rings. The average Bonchev–Trinajstić information content (AvgIpc) is 2.78. The van der Waals surface area contributed by atoms with Crippen molar-refractivity contribution in [2.75, 3.05) is 5.33 Å². The monoisotopic (exact) mass is 505 g/mol. The molecular weight excluding hydrogens is 482 g/mol. The van der Waals surface area contributed by atoms with E-state index in [0.717, 1.165) is 5.56 Å². The number of aliphatic carboxylic acids is 1. The van der Waals surface area contributed by atoms with Crippen LogP contribution in [-0.4, -0.2) is 45.9 Å². The number of alkyl halides is 1. The van der Waals surface area contributed by atoms with E-state index in [1.54, 1.807) is 54.6 Å². The maximum absolute atomic E-state index is 12.9. The van der Waals surface area contributed by atoms with Crippen molar-refractivity contribution in [3.63, 3.8) is 0 Å². The molecule has 0 aliphatic carbocycles. The van der Waals surface area contributed by atoms with Gasteiger partial charge in [-0.2, -0.15) is 0 Å². The number of carboxylic acids is 1. The van der Waals surface area contributed by atoms with E-state index in [9.17, 15) is 24.3 Å². The zero-order chi connectivity index (χ0) is 23.6. The maximum atomic E-state index is 12.9. The molecular formula is C22H24BrN3O6. The number of Topliss-reactive ketones (excluding diaryl/α,β-unsaturated/α-hetero) is 1. The molecule has 170 valence electrons. The number of carbonyl (C=O) groups is 4. The molecule has 2 aromatic rings. The molecule has 32 heavy (non-hydrogen) atoms. The predicted octanol–water partition coefficient (Wildman–Crippen LogP) is 1.73. The smallest absolute Gasteiger partial charge is 0.408 e. The second-order valence-electron chi connectivity index (χ2n) is 7.06. The van der Waals surface area contributed by atoms with Gasteiger partial charge in [-0.05, 0) is 11.1 Å². The number of benzene rings is 2. The maximum Gasteiger partial charge on any atom is 0.408 e. The average molecular weight is 506 g/mol. The van der Waals surface area contributed by atoms with Crippen molar-refractivity contribution >= 4 is 39.7 Å². The number of rotatable bonds is 11. The van der Waals surface area contributed by atoms with Crippen LogP contribution in [0, 0.1) is 0 Å². The highest BCUT2D eigenvalue weighted by Gasteiger charge is 2.39. The fourth-order valence-electron chi connectivity index (χ4n) is 2.80. The van der Waals surface area contributed by atoms with Gasteiger partial charge >= 0.3 is 12.1 Å². The van der Waals surface area contributed by atoms with Crippen molar-refractivity contribution in [3.05, 3.63) is 71.8 Å². The normalized spacial score (nSPS) is 13.3. The van der Waals surface area contributed by atoms with Crippen LogP contribution in [-0.2, 0) is 32.1 Å². The number of hydrogen-bond donors (Lipinski definition) is 4. The van der Waals surface area contributed by atoms with Gasteiger partial charge in [0.1, 0.15) is 18.4 Å². The molecule has 0 saturated carbocycles. The topological polar surface area (TPSA) is 148 Å². The second-order valence-corrected chi connectivity index (χ2v) is 7.62. The highest BCUT2D eigenvalue weighted by Crippen LogP contribution is 2.10. The van der Waals surface area contributed by atoms with Gasteiger partial charge in [0.15, 0.2) is 5.66 Å². The molecule has 0 bridgehead atoms. The zero-order valence-electron chi connectivity index (χ0n) is 17.1. The van der Waals surface area contributed by atoms with Crippen molar-refractivity contribution in [3.8, 4) is 0 Å². The van der Waals surface area contributed by atoms with E-state index < -0.39 is 41.9 Å². The Kier molecular flexibility index (Phi) is 9.36. The Morgan fingerprint density at radius 2 is 1.56 bits per heavy atom. The van der Waals surface area contributed by atoms with Gasteiger partial charge < -0.3 is 20.5 Å². The Bertz CT molecular complexity index is 941. The number of carbonyl (C=O) groups excluding carboxylic acids is 3. The molecule has 2 atom stereocenters. The van der Waals surface area contributed by atoms with Crippen LogP contribution in [0.2, 0.25) is 0 Å². The number of carboxylic acid groups (broad SMARTS) is 1. The summed E-state index contributed by atoms with van der Waals surface area (Å²) in [6.45, 7) is -0.0119. The first-order chi connectivity index (χ1) is 15.2. The lowest BCUT2D eigenvalue weighted by Gasteiger charge is -2.28. The zero-order valence-corrected chi connectivity index (χ0v) is 18.7. The quantitative estimate of drug-likeness (QED) is 0.268. The van der Waals surface area contributed by atoms with E-state index in [2.05, 4.69) is 26.6 Å². The largest absolute Gasteiger partial charge is 0.478 e. The Labute approximate surface area is 193 Å². The summed E-state index contributed by atoms with van der Waals surface area (Å²) >= 11 is 2.94. The number of hydrogen-bond acceptors (Lipinski definition) is 6. The number of nitrogens with two attached hydrogens (primary N) is 1. The number of ketones is 1. The van der Waals surface area contributed by atoms with Gasteiger partial charge in [-0.15, -0.1) is 0 Å². The lowest BCUT2D eigenvalue weighted by atomic mass is 10.0. The molecule has 10 heteroatoms. The van der Waals surface area contributed by atoms with Crippen molar-refractivity contribution in [1.82, 2.24) is 10.6 Å². The third-order valence-electron chi connectivity index (χ3n) is 4.46. The van der Waals surface area contributed by atoms with Crippen molar-refractivity contribution < 1.29 is 29.0 Å². The summed E-state index contributed by atoms with van der Waals surface area (Å²) in [6.07, 6.45) is -1.44. The lowest BCUT2D eigenvalue weighted by Crippen LogP contribution is -2.65. The first kappa shape index (κ1) is 25.0. The van der Waals surface area contributed by atoms with Crippen LogP contribution in [0.25, 0.3) is 0 Å². The Morgan fingerprint density at radius 3 is 2.09 bits per heavy atom. The molecule has 0 aliphatic heterocycles. The number of alkyl carbamates (subject to hydrolysis) is 1. The molecule has 0 heterocycles. The van der Waals surface area contributed by atoms with E-state index in [1.165, 1.54) is 0 Å². The molecule has 0 aliphatic rings. The molecule has 0 saturated heterocycles. The molecule has 0 unspecified atom stereocenters. The number of amides is 2. The van der Waals surface area contributed by atoms with Gasteiger partial charge in [0.2, 0.25) is 5.91 Å². The molecule has 0 radical (unpaired) electrons. The van der Waals surface area contributed by atoms with Crippen LogP contribution >= 0.6 is 15.9 Å². The number of halogens is 1. The highest BCUT2D eigenvalue weighted by atomic mass is 79.9. The first-order valence-corrected chi connectivity index (χ1v) is 10.8. The SMILES string of the molecule is N[C@@](CC(=O)CBr)(NC(=O)[C@H](Cc1ccccc1)NC(=O)OCc1ccccc1)C(=O)O.